The lowest BCUT2D eigenvalue weighted by molar-refractivity contribution is -0.0246. The van der Waals surface area contributed by atoms with E-state index in [1.165, 1.54) is 42.5 Å². The first-order valence-electron chi connectivity index (χ1n) is 10.3. The van der Waals surface area contributed by atoms with Crippen molar-refractivity contribution in [3.8, 4) is 0 Å². The summed E-state index contributed by atoms with van der Waals surface area (Å²) in [4.78, 5) is 29.6. The minimum Gasteiger partial charge on any atom is -0.394 e. The largest absolute Gasteiger partial charge is 0.394 e. The number of carbonyl (C=O) groups excluding carboxylic acids is 2. The van der Waals surface area contributed by atoms with Crippen LogP contribution in [0.3, 0.4) is 0 Å². The molecule has 7 heteroatoms. The normalized spacial score (nSPS) is 21.4. The van der Waals surface area contributed by atoms with Crippen LogP contribution in [-0.4, -0.2) is 47.1 Å². The highest BCUT2D eigenvalue weighted by molar-refractivity contribution is 6.07. The van der Waals surface area contributed by atoms with Crippen molar-refractivity contribution in [2.45, 2.75) is 18.0 Å². The summed E-state index contributed by atoms with van der Waals surface area (Å²) in [6.45, 7) is -0.0270. The zero-order valence-corrected chi connectivity index (χ0v) is 17.0. The molecule has 1 fully saturated rings. The van der Waals surface area contributed by atoms with E-state index >= 15 is 0 Å². The first-order chi connectivity index (χ1) is 15.5. The van der Waals surface area contributed by atoms with Gasteiger partial charge in [-0.25, -0.2) is 8.78 Å². The van der Waals surface area contributed by atoms with E-state index in [2.05, 4.69) is 0 Å². The number of likely N-dealkylation sites (tertiary alicyclic amines) is 1. The molecule has 0 aromatic heterocycles. The summed E-state index contributed by atoms with van der Waals surface area (Å²) in [5, 5.41) is 10.1. The van der Waals surface area contributed by atoms with Gasteiger partial charge in [0.1, 0.15) is 11.6 Å². The van der Waals surface area contributed by atoms with Gasteiger partial charge in [0, 0.05) is 29.3 Å². The van der Waals surface area contributed by atoms with Gasteiger partial charge in [-0.05, 0) is 54.1 Å². The molecule has 2 aliphatic heterocycles. The average Bonchev–Trinajstić information content (AvgIpc) is 2.79. The van der Waals surface area contributed by atoms with Gasteiger partial charge in [-0.2, -0.15) is 0 Å². The molecule has 0 unspecified atom stereocenters. The fraction of sp³-hybridized carbons (Fsp3) is 0.200. The smallest absolute Gasteiger partial charge is 0.258 e. The molecule has 5 nitrogen and oxygen atoms in total. The zero-order chi connectivity index (χ0) is 22.4. The minimum absolute atomic E-state index is 0.142. The van der Waals surface area contributed by atoms with Gasteiger partial charge < -0.3 is 14.9 Å². The Labute approximate surface area is 183 Å². The van der Waals surface area contributed by atoms with Gasteiger partial charge in [-0.3, -0.25) is 9.59 Å². The Kier molecular flexibility index (Phi) is 4.98. The highest BCUT2D eigenvalue weighted by Crippen LogP contribution is 2.48. The first kappa shape index (κ1) is 20.3. The van der Waals surface area contributed by atoms with Crippen LogP contribution in [0.2, 0.25) is 0 Å². The maximum absolute atomic E-state index is 13.7. The number of hydrogen-bond acceptors (Lipinski definition) is 3. The van der Waals surface area contributed by atoms with Crippen molar-refractivity contribution < 1.29 is 23.5 Å². The molecule has 162 valence electrons. The zero-order valence-electron chi connectivity index (χ0n) is 17.0. The maximum Gasteiger partial charge on any atom is 0.258 e. The minimum atomic E-state index is -0.504. The summed E-state index contributed by atoms with van der Waals surface area (Å²) in [6, 6.07) is 17.3. The van der Waals surface area contributed by atoms with Crippen molar-refractivity contribution in [2.75, 3.05) is 18.1 Å². The molecule has 0 radical (unpaired) electrons. The molecule has 32 heavy (non-hydrogen) atoms. The number of fused-ring (bicyclic) bond motifs is 3. The second-order valence-corrected chi connectivity index (χ2v) is 8.05. The maximum atomic E-state index is 13.7. The van der Waals surface area contributed by atoms with Crippen LogP contribution in [0.4, 0.5) is 14.5 Å². The number of halogens is 2. The summed E-state index contributed by atoms with van der Waals surface area (Å²) in [5.41, 5.74) is 2.07. The molecule has 0 saturated carbocycles. The third-order valence-electron chi connectivity index (χ3n) is 6.33. The number of amides is 2. The molecule has 3 aromatic rings. The van der Waals surface area contributed by atoms with Crippen LogP contribution in [0, 0.1) is 11.6 Å². The molecule has 0 spiro atoms. The number of aliphatic hydroxyl groups excluding tert-OH is 1. The standard InChI is InChI=1S/C25H20F2N2O3/c26-17-10-8-15(9-11-17)25(32)29-21-13-28(24(31)16-4-3-5-18(27)12-16)20-7-2-1-6-19(20)23(21)22(29)14-30/h1-12,21-23,30H,13-14H2/t21-,22+,23+/m0/s1. The van der Waals surface area contributed by atoms with Crippen LogP contribution in [-0.2, 0) is 0 Å². The predicted octanol–water partition coefficient (Wildman–Crippen LogP) is 3.59. The monoisotopic (exact) mass is 434 g/mol. The van der Waals surface area contributed by atoms with Crippen molar-refractivity contribution in [2.24, 2.45) is 0 Å². The van der Waals surface area contributed by atoms with Gasteiger partial charge in [-0.1, -0.05) is 24.3 Å². The van der Waals surface area contributed by atoms with Gasteiger partial charge in [0.2, 0.25) is 0 Å². The predicted molar refractivity (Wildman–Crippen MR) is 114 cm³/mol. The lowest BCUT2D eigenvalue weighted by Crippen LogP contribution is -2.70. The van der Waals surface area contributed by atoms with E-state index in [4.69, 9.17) is 0 Å². The molecule has 1 saturated heterocycles. The number of benzene rings is 3. The highest BCUT2D eigenvalue weighted by atomic mass is 19.1. The summed E-state index contributed by atoms with van der Waals surface area (Å²) < 4.78 is 27.1. The molecule has 5 rings (SSSR count). The van der Waals surface area contributed by atoms with Crippen LogP contribution in [0.15, 0.2) is 72.8 Å². The van der Waals surface area contributed by atoms with Crippen molar-refractivity contribution in [3.05, 3.63) is 101 Å². The van der Waals surface area contributed by atoms with Gasteiger partial charge in [0.25, 0.3) is 11.8 Å². The summed E-state index contributed by atoms with van der Waals surface area (Å²) >= 11 is 0. The van der Waals surface area contributed by atoms with Crippen molar-refractivity contribution in [1.29, 1.82) is 0 Å². The van der Waals surface area contributed by atoms with Crippen LogP contribution in [0.25, 0.3) is 0 Å². The van der Waals surface area contributed by atoms with Crippen LogP contribution in [0.5, 0.6) is 0 Å². The number of aliphatic hydroxyl groups is 1. The van der Waals surface area contributed by atoms with E-state index < -0.39 is 17.7 Å². The Morgan fingerprint density at radius 2 is 1.62 bits per heavy atom. The SMILES string of the molecule is O=C(c1cccc(F)c1)N1C[C@H]2[C@@H](c3ccccc31)[C@@H](CO)N2C(=O)c1ccc(F)cc1. The lowest BCUT2D eigenvalue weighted by atomic mass is 9.71. The van der Waals surface area contributed by atoms with Gasteiger partial charge >= 0.3 is 0 Å². The van der Waals surface area contributed by atoms with E-state index in [1.807, 2.05) is 24.3 Å². The van der Waals surface area contributed by atoms with Crippen molar-refractivity contribution in [1.82, 2.24) is 4.90 Å². The van der Waals surface area contributed by atoms with Gasteiger partial charge in [0.05, 0.1) is 18.7 Å². The Balaban J connectivity index is 1.53. The molecule has 3 atom stereocenters. The number of anilines is 1. The highest BCUT2D eigenvalue weighted by Gasteiger charge is 2.55. The second-order valence-electron chi connectivity index (χ2n) is 8.05. The number of nitrogens with zero attached hydrogens (tertiary/aromatic N) is 2. The Morgan fingerprint density at radius 3 is 2.34 bits per heavy atom. The van der Waals surface area contributed by atoms with Crippen molar-refractivity contribution >= 4 is 17.5 Å². The molecule has 1 N–H and O–H groups in total. The summed E-state index contributed by atoms with van der Waals surface area (Å²) in [7, 11) is 0. The summed E-state index contributed by atoms with van der Waals surface area (Å²) in [6.07, 6.45) is 0. The van der Waals surface area contributed by atoms with E-state index in [0.29, 0.717) is 11.3 Å². The van der Waals surface area contributed by atoms with E-state index in [-0.39, 0.29) is 42.5 Å². The lowest BCUT2D eigenvalue weighted by Gasteiger charge is -2.58. The molecule has 2 amide bonds. The quantitative estimate of drug-likeness (QED) is 0.685. The fourth-order valence-electron chi connectivity index (χ4n) is 4.88. The Hall–Kier alpha value is -3.58. The first-order valence-corrected chi connectivity index (χ1v) is 10.3. The summed E-state index contributed by atoms with van der Waals surface area (Å²) in [5.74, 6) is -1.78. The third kappa shape index (κ3) is 3.17. The van der Waals surface area contributed by atoms with E-state index in [1.54, 1.807) is 15.9 Å². The number of hydrogen-bond donors (Lipinski definition) is 1. The fourth-order valence-corrected chi connectivity index (χ4v) is 4.88. The van der Waals surface area contributed by atoms with Crippen LogP contribution in [0.1, 0.15) is 32.2 Å². The van der Waals surface area contributed by atoms with E-state index in [9.17, 15) is 23.5 Å². The molecular weight excluding hydrogens is 414 g/mol. The molecule has 0 aliphatic carbocycles. The molecule has 2 heterocycles. The van der Waals surface area contributed by atoms with Crippen LogP contribution >= 0.6 is 0 Å². The van der Waals surface area contributed by atoms with E-state index in [0.717, 1.165) is 5.56 Å². The molecule has 0 bridgehead atoms. The second kappa shape index (κ2) is 7.84. The third-order valence-corrected chi connectivity index (χ3v) is 6.33. The van der Waals surface area contributed by atoms with Crippen molar-refractivity contribution in [3.63, 3.8) is 0 Å². The molecule has 2 aliphatic rings. The number of para-hydroxylation sites is 1. The van der Waals surface area contributed by atoms with Gasteiger partial charge in [0.15, 0.2) is 0 Å². The molecular formula is C25H20F2N2O3. The number of rotatable bonds is 3. The molecule has 3 aromatic carbocycles. The van der Waals surface area contributed by atoms with Gasteiger partial charge in [-0.15, -0.1) is 0 Å². The average molecular weight is 434 g/mol. The Bertz CT molecular complexity index is 1200. The van der Waals surface area contributed by atoms with Crippen LogP contribution < -0.4 is 4.90 Å². The number of carbonyl (C=O) groups is 2. The Morgan fingerprint density at radius 1 is 0.875 bits per heavy atom. The topological polar surface area (TPSA) is 60.9 Å².